The Balaban J connectivity index is 1.75. The average molecular weight is 168 g/mol. The second kappa shape index (κ2) is 2.05. The van der Waals surface area contributed by atoms with Crippen LogP contribution in [0.25, 0.3) is 0 Å². The van der Waals surface area contributed by atoms with Gasteiger partial charge in [-0.3, -0.25) is 0 Å². The van der Waals surface area contributed by atoms with Crippen molar-refractivity contribution in [3.63, 3.8) is 0 Å². The van der Waals surface area contributed by atoms with Crippen LogP contribution in [-0.4, -0.2) is 19.0 Å². The van der Waals surface area contributed by atoms with Crippen LogP contribution >= 0.6 is 0 Å². The Bertz CT molecular complexity index is 191. The van der Waals surface area contributed by atoms with E-state index in [0.717, 1.165) is 36.9 Å². The molecule has 2 heteroatoms. The van der Waals surface area contributed by atoms with Crippen molar-refractivity contribution < 1.29 is 9.47 Å². The predicted octanol–water partition coefficient (Wildman–Crippen LogP) is 1.65. The molecule has 0 amide bonds. The minimum atomic E-state index is -0.135. The molecule has 0 aromatic carbocycles. The van der Waals surface area contributed by atoms with E-state index in [2.05, 4.69) is 13.8 Å². The van der Waals surface area contributed by atoms with Gasteiger partial charge in [0.05, 0.1) is 0 Å². The third kappa shape index (κ3) is 0.647. The third-order valence-electron chi connectivity index (χ3n) is 3.79. The monoisotopic (exact) mass is 168 g/mol. The summed E-state index contributed by atoms with van der Waals surface area (Å²) in [7, 11) is 0. The first-order valence-corrected chi connectivity index (χ1v) is 5.12. The molecule has 0 N–H and O–H groups in total. The molecule has 4 aliphatic rings. The number of hydrogen-bond donors (Lipinski definition) is 0. The molecule has 0 aliphatic heterocycles. The normalized spacial score (nSPS) is 50.5. The predicted molar refractivity (Wildman–Crippen MR) is 44.6 cm³/mol. The maximum atomic E-state index is 5.78. The third-order valence-corrected chi connectivity index (χ3v) is 3.79. The molecular formula is C10H16O2. The highest BCUT2D eigenvalue weighted by Crippen LogP contribution is 2.85. The standard InChI is InChI=1S/C10H16O2/c1-3-11-10(12-4-2)5-6-7-8(6)9(7)10/h6-9H,3-5H2,1-2H3. The lowest BCUT2D eigenvalue weighted by Gasteiger charge is -2.28. The summed E-state index contributed by atoms with van der Waals surface area (Å²) >= 11 is 0. The molecule has 0 aromatic rings. The summed E-state index contributed by atoms with van der Waals surface area (Å²) in [4.78, 5) is 0. The van der Waals surface area contributed by atoms with Crippen LogP contribution in [0, 0.1) is 23.7 Å². The van der Waals surface area contributed by atoms with Crippen molar-refractivity contribution in [1.29, 1.82) is 0 Å². The van der Waals surface area contributed by atoms with Crippen LogP contribution in [-0.2, 0) is 9.47 Å². The molecule has 2 nitrogen and oxygen atoms in total. The Hall–Kier alpha value is -0.0800. The van der Waals surface area contributed by atoms with Crippen LogP contribution in [0.1, 0.15) is 20.3 Å². The lowest BCUT2D eigenvalue weighted by atomic mass is 10.2. The van der Waals surface area contributed by atoms with Gasteiger partial charge in [-0.2, -0.15) is 0 Å². The first kappa shape index (κ1) is 7.34. The summed E-state index contributed by atoms with van der Waals surface area (Å²) in [6.07, 6.45) is 1.18. The lowest BCUT2D eigenvalue weighted by molar-refractivity contribution is -0.236. The van der Waals surface area contributed by atoms with E-state index < -0.39 is 0 Å². The van der Waals surface area contributed by atoms with Crippen LogP contribution in [0.15, 0.2) is 0 Å². The van der Waals surface area contributed by atoms with Crippen molar-refractivity contribution >= 4 is 0 Å². The van der Waals surface area contributed by atoms with Gasteiger partial charge >= 0.3 is 0 Å². The van der Waals surface area contributed by atoms with Gasteiger partial charge in [0.15, 0.2) is 5.79 Å². The molecular weight excluding hydrogens is 152 g/mol. The van der Waals surface area contributed by atoms with Crippen molar-refractivity contribution in [2.24, 2.45) is 23.7 Å². The van der Waals surface area contributed by atoms with Gasteiger partial charge in [-0.15, -0.1) is 0 Å². The summed E-state index contributed by atoms with van der Waals surface area (Å²) < 4.78 is 11.6. The van der Waals surface area contributed by atoms with E-state index in [4.69, 9.17) is 9.47 Å². The number of rotatable bonds is 4. The molecule has 0 spiro atoms. The van der Waals surface area contributed by atoms with Gasteiger partial charge in [-0.25, -0.2) is 0 Å². The van der Waals surface area contributed by atoms with E-state index >= 15 is 0 Å². The fourth-order valence-corrected chi connectivity index (χ4v) is 3.34. The van der Waals surface area contributed by atoms with E-state index in [1.165, 1.54) is 6.42 Å². The molecule has 2 atom stereocenters. The maximum absolute atomic E-state index is 5.78. The van der Waals surface area contributed by atoms with Crippen molar-refractivity contribution in [3.05, 3.63) is 0 Å². The Morgan fingerprint density at radius 3 is 2.08 bits per heavy atom. The first-order chi connectivity index (χ1) is 5.84. The SMILES string of the molecule is CCOC1(OCC)CC2C3C2C31. The maximum Gasteiger partial charge on any atom is 0.171 e. The molecule has 68 valence electrons. The highest BCUT2D eigenvalue weighted by atomic mass is 16.7. The largest absolute Gasteiger partial charge is 0.350 e. The van der Waals surface area contributed by atoms with Crippen molar-refractivity contribution in [2.75, 3.05) is 13.2 Å². The molecule has 2 bridgehead atoms. The van der Waals surface area contributed by atoms with Gasteiger partial charge in [0.25, 0.3) is 0 Å². The fraction of sp³-hybridized carbons (Fsp3) is 1.00. The lowest BCUT2D eigenvalue weighted by Crippen LogP contribution is -2.35. The summed E-state index contributed by atoms with van der Waals surface area (Å²) in [5, 5.41) is 0. The number of hydrogen-bond acceptors (Lipinski definition) is 2. The van der Waals surface area contributed by atoms with Crippen LogP contribution < -0.4 is 0 Å². The van der Waals surface area contributed by atoms with Gasteiger partial charge in [0.2, 0.25) is 0 Å². The van der Waals surface area contributed by atoms with Crippen molar-refractivity contribution in [3.8, 4) is 0 Å². The van der Waals surface area contributed by atoms with E-state index in [1.54, 1.807) is 0 Å². The minimum absolute atomic E-state index is 0.135. The molecule has 4 rings (SSSR count). The second-order valence-corrected chi connectivity index (χ2v) is 4.23. The molecule has 0 aromatic heterocycles. The molecule has 2 unspecified atom stereocenters. The Kier molecular flexibility index (Phi) is 1.25. The smallest absolute Gasteiger partial charge is 0.171 e. The van der Waals surface area contributed by atoms with Crippen LogP contribution in [0.3, 0.4) is 0 Å². The Morgan fingerprint density at radius 2 is 1.75 bits per heavy atom. The van der Waals surface area contributed by atoms with Gasteiger partial charge in [0.1, 0.15) is 0 Å². The van der Waals surface area contributed by atoms with E-state index in [9.17, 15) is 0 Å². The van der Waals surface area contributed by atoms with E-state index in [0.29, 0.717) is 0 Å². The van der Waals surface area contributed by atoms with Crippen molar-refractivity contribution in [1.82, 2.24) is 0 Å². The molecule has 4 saturated carbocycles. The van der Waals surface area contributed by atoms with Gasteiger partial charge in [-0.05, 0) is 31.6 Å². The first-order valence-electron chi connectivity index (χ1n) is 5.12. The summed E-state index contributed by atoms with van der Waals surface area (Å²) in [6.45, 7) is 5.71. The molecule has 0 saturated heterocycles. The zero-order valence-electron chi connectivity index (χ0n) is 7.75. The summed E-state index contributed by atoms with van der Waals surface area (Å²) in [5.41, 5.74) is 0. The minimum Gasteiger partial charge on any atom is -0.350 e. The zero-order chi connectivity index (χ0) is 8.34. The summed E-state index contributed by atoms with van der Waals surface area (Å²) in [6, 6.07) is 0. The van der Waals surface area contributed by atoms with Crippen LogP contribution in [0.5, 0.6) is 0 Å². The number of fused-ring (bicyclic) bond motifs is 1. The van der Waals surface area contributed by atoms with Crippen molar-refractivity contribution in [2.45, 2.75) is 26.1 Å². The highest BCUT2D eigenvalue weighted by molar-refractivity contribution is 5.31. The molecule has 4 fully saturated rings. The zero-order valence-corrected chi connectivity index (χ0v) is 7.75. The van der Waals surface area contributed by atoms with Gasteiger partial charge in [-0.1, -0.05) is 0 Å². The van der Waals surface area contributed by atoms with Gasteiger partial charge in [0, 0.05) is 25.6 Å². The molecule has 0 heterocycles. The highest BCUT2D eigenvalue weighted by Gasteiger charge is 2.86. The molecule has 4 aliphatic carbocycles. The van der Waals surface area contributed by atoms with E-state index in [1.807, 2.05) is 0 Å². The van der Waals surface area contributed by atoms with Crippen LogP contribution in [0.2, 0.25) is 0 Å². The molecule has 0 radical (unpaired) electrons. The van der Waals surface area contributed by atoms with Gasteiger partial charge < -0.3 is 9.47 Å². The quantitative estimate of drug-likeness (QED) is 0.594. The van der Waals surface area contributed by atoms with E-state index in [-0.39, 0.29) is 5.79 Å². The summed E-state index contributed by atoms with van der Waals surface area (Å²) in [5.74, 6) is 3.63. The Morgan fingerprint density at radius 1 is 1.17 bits per heavy atom. The molecule has 12 heavy (non-hydrogen) atoms. The number of ether oxygens (including phenoxy) is 2. The topological polar surface area (TPSA) is 18.5 Å². The van der Waals surface area contributed by atoms with Crippen LogP contribution in [0.4, 0.5) is 0 Å². The average Bonchev–Trinajstić information content (AvgIpc) is 2.85. The fourth-order valence-electron chi connectivity index (χ4n) is 3.34. The Labute approximate surface area is 73.2 Å². The second-order valence-electron chi connectivity index (χ2n) is 4.23.